The van der Waals surface area contributed by atoms with E-state index in [1.54, 1.807) is 19.2 Å². The molecule has 0 aliphatic carbocycles. The zero-order valence-electron chi connectivity index (χ0n) is 8.12. The summed E-state index contributed by atoms with van der Waals surface area (Å²) >= 11 is 0. The van der Waals surface area contributed by atoms with E-state index in [9.17, 15) is 4.79 Å². The van der Waals surface area contributed by atoms with Crippen molar-refractivity contribution < 1.29 is 9.53 Å². The predicted molar refractivity (Wildman–Crippen MR) is 54.3 cm³/mol. The lowest BCUT2D eigenvalue weighted by molar-refractivity contribution is 0.1000. The SMILES string of the molecule is COc1cc(C(N)=O)ccc1CCN. The lowest BCUT2D eigenvalue weighted by atomic mass is 10.1. The van der Waals surface area contributed by atoms with E-state index in [0.717, 1.165) is 12.0 Å². The molecule has 1 rings (SSSR count). The molecule has 4 nitrogen and oxygen atoms in total. The average molecular weight is 194 g/mol. The molecule has 0 spiro atoms. The maximum atomic E-state index is 10.9. The van der Waals surface area contributed by atoms with Crippen LogP contribution in [0.3, 0.4) is 0 Å². The van der Waals surface area contributed by atoms with Gasteiger partial charge in [0.05, 0.1) is 7.11 Å². The van der Waals surface area contributed by atoms with Gasteiger partial charge in [0.2, 0.25) is 5.91 Å². The van der Waals surface area contributed by atoms with Gasteiger partial charge in [0, 0.05) is 5.56 Å². The number of hydrogen-bond acceptors (Lipinski definition) is 3. The van der Waals surface area contributed by atoms with Crippen LogP contribution in [0.1, 0.15) is 15.9 Å². The number of methoxy groups -OCH3 is 1. The molecule has 0 saturated heterocycles. The number of primary amides is 1. The van der Waals surface area contributed by atoms with Crippen LogP contribution in [0.4, 0.5) is 0 Å². The number of amides is 1. The number of hydrogen-bond donors (Lipinski definition) is 2. The topological polar surface area (TPSA) is 78.3 Å². The van der Waals surface area contributed by atoms with Crippen molar-refractivity contribution in [2.75, 3.05) is 13.7 Å². The summed E-state index contributed by atoms with van der Waals surface area (Å²) in [6.45, 7) is 0.548. The third kappa shape index (κ3) is 2.23. The Kier molecular flexibility index (Phi) is 3.48. The minimum absolute atomic E-state index is 0.447. The molecule has 0 unspecified atom stereocenters. The zero-order chi connectivity index (χ0) is 10.6. The lowest BCUT2D eigenvalue weighted by Gasteiger charge is -2.08. The van der Waals surface area contributed by atoms with Gasteiger partial charge in [0.15, 0.2) is 0 Å². The van der Waals surface area contributed by atoms with Crippen LogP contribution in [-0.4, -0.2) is 19.6 Å². The molecule has 76 valence electrons. The Morgan fingerprint density at radius 2 is 2.21 bits per heavy atom. The first kappa shape index (κ1) is 10.5. The van der Waals surface area contributed by atoms with Crippen molar-refractivity contribution in [3.63, 3.8) is 0 Å². The van der Waals surface area contributed by atoms with Gasteiger partial charge in [-0.15, -0.1) is 0 Å². The Bertz CT molecular complexity index is 337. The van der Waals surface area contributed by atoms with Gasteiger partial charge in [-0.05, 0) is 30.7 Å². The van der Waals surface area contributed by atoms with E-state index in [2.05, 4.69) is 0 Å². The molecular formula is C10H14N2O2. The van der Waals surface area contributed by atoms with Gasteiger partial charge in [0.25, 0.3) is 0 Å². The Hall–Kier alpha value is -1.55. The van der Waals surface area contributed by atoms with Crippen molar-refractivity contribution in [3.05, 3.63) is 29.3 Å². The second kappa shape index (κ2) is 4.62. The molecule has 0 aliphatic heterocycles. The lowest BCUT2D eigenvalue weighted by Crippen LogP contribution is -2.12. The summed E-state index contributed by atoms with van der Waals surface area (Å²) < 4.78 is 5.13. The maximum Gasteiger partial charge on any atom is 0.248 e. The summed E-state index contributed by atoms with van der Waals surface area (Å²) in [5.41, 5.74) is 12.0. The maximum absolute atomic E-state index is 10.9. The molecule has 0 fully saturated rings. The summed E-state index contributed by atoms with van der Waals surface area (Å²) in [5.74, 6) is 0.203. The number of carbonyl (C=O) groups is 1. The summed E-state index contributed by atoms with van der Waals surface area (Å²) in [6.07, 6.45) is 0.724. The highest BCUT2D eigenvalue weighted by atomic mass is 16.5. The minimum Gasteiger partial charge on any atom is -0.496 e. The second-order valence-electron chi connectivity index (χ2n) is 2.93. The Labute approximate surface area is 82.8 Å². The Morgan fingerprint density at radius 3 is 2.71 bits per heavy atom. The molecule has 0 saturated carbocycles. The predicted octanol–water partition coefficient (Wildman–Crippen LogP) is 0.295. The molecule has 0 atom stereocenters. The van der Waals surface area contributed by atoms with Crippen molar-refractivity contribution in [2.45, 2.75) is 6.42 Å². The molecule has 1 aromatic carbocycles. The first-order chi connectivity index (χ1) is 6.69. The third-order valence-corrected chi connectivity index (χ3v) is 1.99. The average Bonchev–Trinajstić information content (AvgIpc) is 2.18. The van der Waals surface area contributed by atoms with Crippen molar-refractivity contribution in [1.82, 2.24) is 0 Å². The quantitative estimate of drug-likeness (QED) is 0.723. The van der Waals surface area contributed by atoms with Crippen LogP contribution in [0.15, 0.2) is 18.2 Å². The number of nitrogens with two attached hydrogens (primary N) is 2. The van der Waals surface area contributed by atoms with Crippen LogP contribution in [0, 0.1) is 0 Å². The van der Waals surface area contributed by atoms with Crippen molar-refractivity contribution in [2.24, 2.45) is 11.5 Å². The van der Waals surface area contributed by atoms with E-state index < -0.39 is 5.91 Å². The Morgan fingerprint density at radius 1 is 1.50 bits per heavy atom. The molecule has 0 bridgehead atoms. The van der Waals surface area contributed by atoms with E-state index in [0.29, 0.717) is 17.9 Å². The van der Waals surface area contributed by atoms with Crippen molar-refractivity contribution in [1.29, 1.82) is 0 Å². The fourth-order valence-corrected chi connectivity index (χ4v) is 1.26. The molecular weight excluding hydrogens is 180 g/mol. The van der Waals surface area contributed by atoms with E-state index in [4.69, 9.17) is 16.2 Å². The summed E-state index contributed by atoms with van der Waals surface area (Å²) in [5, 5.41) is 0. The first-order valence-corrected chi connectivity index (χ1v) is 4.36. The largest absolute Gasteiger partial charge is 0.496 e. The van der Waals surface area contributed by atoms with Gasteiger partial charge in [-0.25, -0.2) is 0 Å². The number of carbonyl (C=O) groups excluding carboxylic acids is 1. The van der Waals surface area contributed by atoms with Crippen LogP contribution < -0.4 is 16.2 Å². The second-order valence-corrected chi connectivity index (χ2v) is 2.93. The van der Waals surface area contributed by atoms with Gasteiger partial charge in [0.1, 0.15) is 5.75 Å². The first-order valence-electron chi connectivity index (χ1n) is 4.36. The summed E-state index contributed by atoms with van der Waals surface area (Å²) in [7, 11) is 1.56. The summed E-state index contributed by atoms with van der Waals surface area (Å²) in [4.78, 5) is 10.9. The van der Waals surface area contributed by atoms with Crippen LogP contribution in [0.5, 0.6) is 5.75 Å². The fraction of sp³-hybridized carbons (Fsp3) is 0.300. The molecule has 0 aliphatic rings. The van der Waals surface area contributed by atoms with Gasteiger partial charge < -0.3 is 16.2 Å². The number of benzene rings is 1. The molecule has 4 N–H and O–H groups in total. The van der Waals surface area contributed by atoms with E-state index in [1.807, 2.05) is 6.07 Å². The number of rotatable bonds is 4. The van der Waals surface area contributed by atoms with Gasteiger partial charge in [-0.2, -0.15) is 0 Å². The zero-order valence-corrected chi connectivity index (χ0v) is 8.12. The molecule has 4 heteroatoms. The molecule has 14 heavy (non-hydrogen) atoms. The molecule has 1 aromatic rings. The standard InChI is InChI=1S/C10H14N2O2/c1-14-9-6-8(10(12)13)3-2-7(9)4-5-11/h2-3,6H,4-5,11H2,1H3,(H2,12,13). The van der Waals surface area contributed by atoms with Crippen LogP contribution in [0.2, 0.25) is 0 Å². The third-order valence-electron chi connectivity index (χ3n) is 1.99. The Balaban J connectivity index is 3.04. The molecule has 1 amide bonds. The van der Waals surface area contributed by atoms with Crippen molar-refractivity contribution in [3.8, 4) is 5.75 Å². The van der Waals surface area contributed by atoms with Crippen LogP contribution in [-0.2, 0) is 6.42 Å². The highest BCUT2D eigenvalue weighted by Gasteiger charge is 2.06. The molecule has 0 aromatic heterocycles. The van der Waals surface area contributed by atoms with Crippen molar-refractivity contribution >= 4 is 5.91 Å². The minimum atomic E-state index is -0.456. The van der Waals surface area contributed by atoms with Crippen LogP contribution >= 0.6 is 0 Å². The van der Waals surface area contributed by atoms with Crippen LogP contribution in [0.25, 0.3) is 0 Å². The van der Waals surface area contributed by atoms with E-state index in [1.165, 1.54) is 0 Å². The number of ether oxygens (including phenoxy) is 1. The molecule has 0 heterocycles. The van der Waals surface area contributed by atoms with E-state index in [-0.39, 0.29) is 0 Å². The van der Waals surface area contributed by atoms with Gasteiger partial charge >= 0.3 is 0 Å². The summed E-state index contributed by atoms with van der Waals surface area (Å²) in [6, 6.07) is 5.12. The molecule has 0 radical (unpaired) electrons. The van der Waals surface area contributed by atoms with Gasteiger partial charge in [-0.3, -0.25) is 4.79 Å². The van der Waals surface area contributed by atoms with E-state index >= 15 is 0 Å². The smallest absolute Gasteiger partial charge is 0.248 e. The highest BCUT2D eigenvalue weighted by Crippen LogP contribution is 2.20. The normalized spacial score (nSPS) is 9.86. The fourth-order valence-electron chi connectivity index (χ4n) is 1.26. The highest BCUT2D eigenvalue weighted by molar-refractivity contribution is 5.93. The van der Waals surface area contributed by atoms with Gasteiger partial charge in [-0.1, -0.05) is 6.07 Å². The monoisotopic (exact) mass is 194 g/mol.